The van der Waals surface area contributed by atoms with Crippen LogP contribution >= 0.6 is 17.0 Å². The number of allylic oxidation sites excluding steroid dienone is 13. The number of hydrogen-bond acceptors (Lipinski definition) is 0. The van der Waals surface area contributed by atoms with Crippen LogP contribution in [-0.2, 0) is 41.1 Å². The molecule has 0 amide bonds. The SMILES string of the molecule is CC1=C(C)C(C)(C)C(C2=C(C)C(C)=C(C)C2(C)C)=C1C.[CH3][Zr]([CH3])([Cl])([Cl])[C]1=CC=CC1.[Cl-].[Cl-].[Zr+2][CH]1C=Cc2ccccc21. The molecular formula is C36H48Cl4Zr2. The van der Waals surface area contributed by atoms with Crippen molar-refractivity contribution in [3.8, 4) is 0 Å². The van der Waals surface area contributed by atoms with Gasteiger partial charge in [-0.15, -0.1) is 0 Å². The Morgan fingerprint density at radius 3 is 1.52 bits per heavy atom. The third-order valence-electron chi connectivity index (χ3n) is 9.83. The van der Waals surface area contributed by atoms with Crippen LogP contribution in [0.25, 0.3) is 6.08 Å². The Hall–Kier alpha value is 0.326. The topological polar surface area (TPSA) is 0 Å². The van der Waals surface area contributed by atoms with Gasteiger partial charge in [0.1, 0.15) is 0 Å². The molecule has 0 N–H and O–H groups in total. The fraction of sp³-hybridized carbons (Fsp3) is 0.444. The van der Waals surface area contributed by atoms with Crippen LogP contribution in [0, 0.1) is 10.8 Å². The molecular weight excluding hydrogens is 757 g/mol. The van der Waals surface area contributed by atoms with Crippen LogP contribution in [-0.4, -0.2) is 0 Å². The Labute approximate surface area is 292 Å². The summed E-state index contributed by atoms with van der Waals surface area (Å²) in [5.41, 5.74) is 15.4. The molecule has 1 unspecified atom stereocenters. The molecule has 0 saturated carbocycles. The van der Waals surface area contributed by atoms with E-state index in [4.69, 9.17) is 17.0 Å². The van der Waals surface area contributed by atoms with E-state index in [-0.39, 0.29) is 35.6 Å². The van der Waals surface area contributed by atoms with Crippen molar-refractivity contribution in [3.05, 3.63) is 108 Å². The van der Waals surface area contributed by atoms with Gasteiger partial charge in [0, 0.05) is 10.8 Å². The van der Waals surface area contributed by atoms with Crippen LogP contribution in [0.15, 0.2) is 96.4 Å². The Morgan fingerprint density at radius 1 is 0.762 bits per heavy atom. The van der Waals surface area contributed by atoms with Crippen LogP contribution in [0.4, 0.5) is 0 Å². The monoisotopic (exact) mass is 800 g/mol. The van der Waals surface area contributed by atoms with Crippen LogP contribution in [0.5, 0.6) is 0 Å². The van der Waals surface area contributed by atoms with E-state index in [9.17, 15) is 0 Å². The van der Waals surface area contributed by atoms with E-state index < -0.39 is 16.4 Å². The Morgan fingerprint density at radius 2 is 1.21 bits per heavy atom. The van der Waals surface area contributed by atoms with Crippen molar-refractivity contribution in [1.82, 2.24) is 0 Å². The molecule has 0 saturated heterocycles. The quantitative estimate of drug-likeness (QED) is 0.316. The predicted molar refractivity (Wildman–Crippen MR) is 173 cm³/mol. The van der Waals surface area contributed by atoms with Crippen molar-refractivity contribution in [2.45, 2.75) is 88.5 Å². The van der Waals surface area contributed by atoms with Gasteiger partial charge in [0.05, 0.1) is 0 Å². The van der Waals surface area contributed by atoms with Gasteiger partial charge in [0.15, 0.2) is 0 Å². The minimum atomic E-state index is -3.26. The molecule has 5 rings (SSSR count). The van der Waals surface area contributed by atoms with Gasteiger partial charge < -0.3 is 24.8 Å². The van der Waals surface area contributed by atoms with E-state index in [1.807, 2.05) is 15.3 Å². The average molecular weight is 805 g/mol. The summed E-state index contributed by atoms with van der Waals surface area (Å²) in [6, 6.07) is 8.60. The Balaban J connectivity index is 0.000000338. The third kappa shape index (κ3) is 8.18. The van der Waals surface area contributed by atoms with Gasteiger partial charge in [0.2, 0.25) is 0 Å². The molecule has 1 atom stereocenters. The second-order valence-electron chi connectivity index (χ2n) is 13.6. The Bertz CT molecular complexity index is 1370. The normalized spacial score (nSPS) is 22.4. The zero-order valence-electron chi connectivity index (χ0n) is 27.5. The van der Waals surface area contributed by atoms with Crippen molar-refractivity contribution in [3.63, 3.8) is 0 Å². The van der Waals surface area contributed by atoms with Gasteiger partial charge in [-0.25, -0.2) is 0 Å². The molecule has 1 aromatic carbocycles. The van der Waals surface area contributed by atoms with Gasteiger partial charge in [-0.05, 0) is 75.0 Å². The maximum absolute atomic E-state index is 6.26. The van der Waals surface area contributed by atoms with Gasteiger partial charge in [-0.1, -0.05) is 38.8 Å². The van der Waals surface area contributed by atoms with E-state index >= 15 is 0 Å². The van der Waals surface area contributed by atoms with Crippen molar-refractivity contribution in [1.29, 1.82) is 0 Å². The Kier molecular flexibility index (Phi) is 13.8. The summed E-state index contributed by atoms with van der Waals surface area (Å²) in [7, 11) is 12.5. The first kappa shape index (κ1) is 40.3. The van der Waals surface area contributed by atoms with E-state index in [0.29, 0.717) is 3.63 Å². The van der Waals surface area contributed by atoms with Crippen molar-refractivity contribution >= 4 is 23.1 Å². The van der Waals surface area contributed by atoms with E-state index in [1.54, 1.807) is 35.9 Å². The molecule has 0 radical (unpaired) electrons. The summed E-state index contributed by atoms with van der Waals surface area (Å²) in [5.74, 6) is 0. The van der Waals surface area contributed by atoms with E-state index in [0.717, 1.165) is 6.42 Å². The maximum atomic E-state index is 6.26. The van der Waals surface area contributed by atoms with E-state index in [2.05, 4.69) is 118 Å². The molecule has 0 fully saturated rings. The molecule has 6 heteroatoms. The van der Waals surface area contributed by atoms with Crippen molar-refractivity contribution in [2.75, 3.05) is 0 Å². The van der Waals surface area contributed by atoms with Crippen LogP contribution in [0.1, 0.15) is 90.4 Å². The van der Waals surface area contributed by atoms with Gasteiger partial charge in [0.25, 0.3) is 0 Å². The van der Waals surface area contributed by atoms with Crippen LogP contribution in [0.3, 0.4) is 0 Å². The number of hydrogen-bond donors (Lipinski definition) is 0. The summed E-state index contributed by atoms with van der Waals surface area (Å²) in [4.78, 5) is 0. The summed E-state index contributed by atoms with van der Waals surface area (Å²) in [6.07, 6.45) is 11.6. The molecule has 0 nitrogen and oxygen atoms in total. The molecule has 42 heavy (non-hydrogen) atoms. The molecule has 4 aliphatic rings. The molecule has 4 aliphatic carbocycles. The first-order valence-corrected chi connectivity index (χ1v) is 28.3. The molecule has 0 spiro atoms. The van der Waals surface area contributed by atoms with Gasteiger partial charge >= 0.3 is 147 Å². The van der Waals surface area contributed by atoms with Gasteiger partial charge in [-0.2, -0.15) is 0 Å². The molecule has 0 heterocycles. The molecule has 0 aliphatic heterocycles. The number of fused-ring (bicyclic) bond motifs is 1. The predicted octanol–water partition coefficient (Wildman–Crippen LogP) is 6.60. The molecule has 228 valence electrons. The van der Waals surface area contributed by atoms with Crippen LogP contribution in [0.2, 0.25) is 9.26 Å². The zero-order valence-corrected chi connectivity index (χ0v) is 35.4. The summed E-state index contributed by atoms with van der Waals surface area (Å²) >= 11 is -1.67. The molecule has 0 bridgehead atoms. The van der Waals surface area contributed by atoms with Gasteiger partial charge in [-0.3, -0.25) is 0 Å². The minimum absolute atomic E-state index is 0. The summed E-state index contributed by atoms with van der Waals surface area (Å²) < 4.78 is 6.01. The standard InChI is InChI=1S/C20H30.C9H7.C5H5.2CH3.4ClH.2Zr/c1-11-13(3)17(19(7,8)15(11)5)18-14(4)12(2)16(6)20(18,9)10;1-2-5-9-7-3-6-8(9)4-1;1-2-4-5-3-1;;;;;;;;/h1-10H3;1-7H;1-3H,4H2;2*1H3;4*1H;;/q;;;;;;;;;2*+2/p-4. The summed E-state index contributed by atoms with van der Waals surface area (Å²) in [6.45, 7) is 23.3. The van der Waals surface area contributed by atoms with E-state index in [1.165, 1.54) is 47.8 Å². The fourth-order valence-electron chi connectivity index (χ4n) is 6.40. The number of halogens is 4. The van der Waals surface area contributed by atoms with Crippen LogP contribution < -0.4 is 24.8 Å². The fourth-order valence-corrected chi connectivity index (χ4v) is 12.0. The third-order valence-corrected chi connectivity index (χ3v) is 19.2. The summed E-state index contributed by atoms with van der Waals surface area (Å²) in [5, 5.41) is 0. The van der Waals surface area contributed by atoms with Crippen molar-refractivity contribution in [2.24, 2.45) is 10.8 Å². The number of rotatable bonds is 2. The van der Waals surface area contributed by atoms with Crippen molar-refractivity contribution < 1.29 is 65.9 Å². The second kappa shape index (κ2) is 14.4. The first-order valence-electron chi connectivity index (χ1n) is 14.5. The average Bonchev–Trinajstić information content (AvgIpc) is 3.60. The molecule has 1 aromatic rings. The number of benzene rings is 1. The molecule has 0 aromatic heterocycles. The zero-order chi connectivity index (χ0) is 30.4. The first-order chi connectivity index (χ1) is 18.2. The second-order valence-corrected chi connectivity index (χ2v) is 41.1.